The van der Waals surface area contributed by atoms with Gasteiger partial charge in [0.05, 0.1) is 22.4 Å². The maximum Gasteiger partial charge on any atom is 0.343 e. The van der Waals surface area contributed by atoms with Crippen LogP contribution in [0.3, 0.4) is 0 Å². The van der Waals surface area contributed by atoms with E-state index in [0.717, 1.165) is 10.5 Å². The van der Waals surface area contributed by atoms with Crippen LogP contribution in [0.15, 0.2) is 42.5 Å². The Morgan fingerprint density at radius 3 is 2.32 bits per heavy atom. The fourth-order valence-electron chi connectivity index (χ4n) is 2.80. The van der Waals surface area contributed by atoms with Crippen LogP contribution in [0.1, 0.15) is 43.1 Å². The number of carbonyl (C=O) groups excluding carboxylic acids is 3. The van der Waals surface area contributed by atoms with Crippen LogP contribution < -0.4 is 4.74 Å². The van der Waals surface area contributed by atoms with E-state index < -0.39 is 33.7 Å². The zero-order valence-corrected chi connectivity index (χ0v) is 15.7. The van der Waals surface area contributed by atoms with E-state index in [1.165, 1.54) is 18.2 Å². The molecule has 0 spiro atoms. The number of hydrogen-bond acceptors (Lipinski definition) is 6. The first kappa shape index (κ1) is 19.7. The van der Waals surface area contributed by atoms with Crippen LogP contribution in [0.25, 0.3) is 0 Å². The molecule has 0 aromatic heterocycles. The Balaban J connectivity index is 1.75. The lowest BCUT2D eigenvalue weighted by Gasteiger charge is -2.12. The van der Waals surface area contributed by atoms with Crippen LogP contribution in [-0.2, 0) is 10.1 Å². The van der Waals surface area contributed by atoms with Gasteiger partial charge in [-0.3, -0.25) is 19.0 Å². The molecule has 3 rings (SSSR count). The molecule has 1 aliphatic heterocycles. The first-order chi connectivity index (χ1) is 13.2. The van der Waals surface area contributed by atoms with E-state index in [1.807, 2.05) is 6.92 Å². The van der Waals surface area contributed by atoms with Gasteiger partial charge in [-0.2, -0.15) is 8.42 Å². The number of amides is 2. The zero-order valence-electron chi connectivity index (χ0n) is 14.9. The predicted octanol–water partition coefficient (Wildman–Crippen LogP) is 2.09. The van der Waals surface area contributed by atoms with Crippen LogP contribution >= 0.6 is 0 Å². The maximum absolute atomic E-state index is 12.5. The molecule has 0 saturated heterocycles. The number of carbonyl (C=O) groups is 3. The van der Waals surface area contributed by atoms with Crippen LogP contribution in [0.4, 0.5) is 0 Å². The van der Waals surface area contributed by atoms with E-state index in [1.54, 1.807) is 24.3 Å². The lowest BCUT2D eigenvalue weighted by molar-refractivity contribution is 0.0653. The van der Waals surface area contributed by atoms with Gasteiger partial charge in [0.1, 0.15) is 5.75 Å². The molecule has 0 fully saturated rings. The van der Waals surface area contributed by atoms with Crippen molar-refractivity contribution in [2.45, 2.75) is 13.3 Å². The van der Waals surface area contributed by atoms with E-state index >= 15 is 0 Å². The summed E-state index contributed by atoms with van der Waals surface area (Å²) in [6.07, 6.45) is -0.0907. The molecule has 0 atom stereocenters. The molecule has 2 amide bonds. The summed E-state index contributed by atoms with van der Waals surface area (Å²) in [5.41, 5.74) is 1.30. The monoisotopic (exact) mass is 403 g/mol. The van der Waals surface area contributed by atoms with Crippen molar-refractivity contribution in [3.8, 4) is 5.75 Å². The van der Waals surface area contributed by atoms with E-state index in [0.29, 0.717) is 5.75 Å². The first-order valence-electron chi connectivity index (χ1n) is 8.40. The molecule has 0 bridgehead atoms. The quantitative estimate of drug-likeness (QED) is 0.339. The molecule has 1 heterocycles. The average Bonchev–Trinajstić information content (AvgIpc) is 2.87. The van der Waals surface area contributed by atoms with Gasteiger partial charge in [0.15, 0.2) is 0 Å². The average molecular weight is 403 g/mol. The Hall–Kier alpha value is -3.04. The molecule has 0 aliphatic carbocycles. The summed E-state index contributed by atoms with van der Waals surface area (Å²) in [6.45, 7) is 1.74. The second-order valence-electron chi connectivity index (χ2n) is 6.36. The minimum absolute atomic E-state index is 0.0511. The SMILES string of the molecule is Cc1ccc(OC(=O)c2ccc3c(c2)C(=O)N(CCCS(=O)(=O)O)C3=O)cc1. The van der Waals surface area contributed by atoms with Crippen molar-refractivity contribution in [2.24, 2.45) is 0 Å². The normalized spacial score (nSPS) is 13.6. The van der Waals surface area contributed by atoms with E-state index in [2.05, 4.69) is 0 Å². The van der Waals surface area contributed by atoms with Gasteiger partial charge in [-0.15, -0.1) is 0 Å². The fourth-order valence-corrected chi connectivity index (χ4v) is 3.29. The predicted molar refractivity (Wildman–Crippen MR) is 99.0 cm³/mol. The number of esters is 1. The molecule has 0 radical (unpaired) electrons. The van der Waals surface area contributed by atoms with Gasteiger partial charge in [0.2, 0.25) is 0 Å². The number of ether oxygens (including phenoxy) is 1. The lowest BCUT2D eigenvalue weighted by Crippen LogP contribution is -2.31. The van der Waals surface area contributed by atoms with Gasteiger partial charge in [0.25, 0.3) is 21.9 Å². The van der Waals surface area contributed by atoms with Crippen molar-refractivity contribution < 1.29 is 32.1 Å². The van der Waals surface area contributed by atoms with Crippen molar-refractivity contribution in [1.82, 2.24) is 4.90 Å². The number of benzene rings is 2. The number of aryl methyl sites for hydroxylation is 1. The smallest absolute Gasteiger partial charge is 0.343 e. The molecular weight excluding hydrogens is 386 g/mol. The largest absolute Gasteiger partial charge is 0.423 e. The fraction of sp³-hybridized carbons (Fsp3) is 0.211. The number of fused-ring (bicyclic) bond motifs is 1. The van der Waals surface area contributed by atoms with Crippen molar-refractivity contribution in [3.05, 3.63) is 64.7 Å². The molecule has 28 heavy (non-hydrogen) atoms. The summed E-state index contributed by atoms with van der Waals surface area (Å²) in [5.74, 6) is -2.08. The highest BCUT2D eigenvalue weighted by molar-refractivity contribution is 7.85. The first-order valence-corrected chi connectivity index (χ1v) is 10.0. The minimum Gasteiger partial charge on any atom is -0.423 e. The molecule has 2 aromatic rings. The third-order valence-electron chi connectivity index (χ3n) is 4.22. The Labute approximate surface area is 161 Å². The topological polar surface area (TPSA) is 118 Å². The lowest BCUT2D eigenvalue weighted by atomic mass is 10.1. The van der Waals surface area contributed by atoms with Crippen molar-refractivity contribution in [1.29, 1.82) is 0 Å². The van der Waals surface area contributed by atoms with Crippen molar-refractivity contribution >= 4 is 27.9 Å². The molecule has 1 N–H and O–H groups in total. The molecule has 8 nitrogen and oxygen atoms in total. The summed E-state index contributed by atoms with van der Waals surface area (Å²) in [5, 5.41) is 0. The van der Waals surface area contributed by atoms with Crippen LogP contribution in [0.2, 0.25) is 0 Å². The Kier molecular flexibility index (Phi) is 5.30. The molecular formula is C19H17NO7S. The standard InChI is InChI=1S/C19H17NO7S/c1-12-3-6-14(7-4-12)27-19(23)13-5-8-15-16(11-13)18(22)20(17(15)21)9-2-10-28(24,25)26/h3-8,11H,2,9-10H2,1H3,(H,24,25,26). The van der Waals surface area contributed by atoms with Gasteiger partial charge in [-0.1, -0.05) is 17.7 Å². The van der Waals surface area contributed by atoms with Crippen molar-refractivity contribution in [3.63, 3.8) is 0 Å². The summed E-state index contributed by atoms with van der Waals surface area (Å²) in [6, 6.07) is 10.9. The minimum atomic E-state index is -4.18. The summed E-state index contributed by atoms with van der Waals surface area (Å²) >= 11 is 0. The van der Waals surface area contributed by atoms with Crippen LogP contribution in [-0.4, -0.2) is 48.0 Å². The van der Waals surface area contributed by atoms with Crippen LogP contribution in [0, 0.1) is 6.92 Å². The zero-order chi connectivity index (χ0) is 20.5. The van der Waals surface area contributed by atoms with Crippen LogP contribution in [0.5, 0.6) is 5.75 Å². The number of rotatable bonds is 6. The van der Waals surface area contributed by atoms with E-state index in [-0.39, 0.29) is 29.7 Å². The second kappa shape index (κ2) is 7.53. The van der Waals surface area contributed by atoms with E-state index in [4.69, 9.17) is 9.29 Å². The van der Waals surface area contributed by atoms with Crippen molar-refractivity contribution in [2.75, 3.05) is 12.3 Å². The molecule has 2 aromatic carbocycles. The highest BCUT2D eigenvalue weighted by atomic mass is 32.2. The third kappa shape index (κ3) is 4.26. The summed E-state index contributed by atoms with van der Waals surface area (Å²) in [4.78, 5) is 38.0. The molecule has 1 aliphatic rings. The summed E-state index contributed by atoms with van der Waals surface area (Å²) in [7, 11) is -4.18. The van der Waals surface area contributed by atoms with Gasteiger partial charge in [-0.25, -0.2) is 4.79 Å². The Morgan fingerprint density at radius 1 is 1.04 bits per heavy atom. The number of nitrogens with zero attached hydrogens (tertiary/aromatic N) is 1. The van der Waals surface area contributed by atoms with E-state index in [9.17, 15) is 22.8 Å². The highest BCUT2D eigenvalue weighted by Gasteiger charge is 2.36. The second-order valence-corrected chi connectivity index (χ2v) is 7.94. The molecule has 146 valence electrons. The van der Waals surface area contributed by atoms with Gasteiger partial charge >= 0.3 is 5.97 Å². The van der Waals surface area contributed by atoms with Gasteiger partial charge in [-0.05, 0) is 43.7 Å². The molecule has 0 saturated carbocycles. The number of hydrogen-bond donors (Lipinski definition) is 1. The molecule has 0 unspecified atom stereocenters. The van der Waals surface area contributed by atoms with Gasteiger partial charge in [0, 0.05) is 6.54 Å². The van der Waals surface area contributed by atoms with Gasteiger partial charge < -0.3 is 4.74 Å². The maximum atomic E-state index is 12.5. The highest BCUT2D eigenvalue weighted by Crippen LogP contribution is 2.25. The summed E-state index contributed by atoms with van der Waals surface area (Å²) < 4.78 is 35.6. The number of imide groups is 1. The Morgan fingerprint density at radius 2 is 1.68 bits per heavy atom. The third-order valence-corrected chi connectivity index (χ3v) is 5.03. The molecule has 9 heteroatoms. The Bertz CT molecular complexity index is 1060.